The zero-order valence-corrected chi connectivity index (χ0v) is 17.9. The maximum Gasteiger partial charge on any atom is 0.238 e. The molecule has 0 fully saturated rings. The Morgan fingerprint density at radius 2 is 1.93 bits per heavy atom. The van der Waals surface area contributed by atoms with Crippen molar-refractivity contribution in [3.63, 3.8) is 0 Å². The molecule has 0 saturated heterocycles. The predicted molar refractivity (Wildman–Crippen MR) is 121 cm³/mol. The Morgan fingerprint density at radius 1 is 1.13 bits per heavy atom. The third kappa shape index (κ3) is 3.46. The van der Waals surface area contributed by atoms with E-state index < -0.39 is 0 Å². The third-order valence-electron chi connectivity index (χ3n) is 5.11. The maximum atomic E-state index is 13.5. The Labute approximate surface area is 182 Å². The minimum Gasteiger partial charge on any atom is -0.302 e. The van der Waals surface area contributed by atoms with Crippen LogP contribution in [0, 0.1) is 0 Å². The highest BCUT2D eigenvalue weighted by atomic mass is 32.2. The number of anilines is 1. The van der Waals surface area contributed by atoms with Gasteiger partial charge < -0.3 is 4.90 Å². The molecular formula is C22H19N5OS2. The number of carbonyl (C=O) groups is 1. The Kier molecular flexibility index (Phi) is 5.18. The van der Waals surface area contributed by atoms with Crippen LogP contribution < -0.4 is 4.90 Å². The van der Waals surface area contributed by atoms with Crippen molar-refractivity contribution in [3.05, 3.63) is 72.7 Å². The van der Waals surface area contributed by atoms with Crippen molar-refractivity contribution >= 4 is 46.2 Å². The molecule has 1 atom stereocenters. The first-order valence-corrected chi connectivity index (χ1v) is 11.5. The van der Waals surface area contributed by atoms with E-state index >= 15 is 0 Å². The average Bonchev–Trinajstić information content (AvgIpc) is 3.18. The Bertz CT molecular complexity index is 1210. The summed E-state index contributed by atoms with van der Waals surface area (Å²) in [5.74, 6) is 1.19. The highest BCUT2D eigenvalue weighted by Crippen LogP contribution is 2.43. The molecule has 3 heterocycles. The fourth-order valence-electron chi connectivity index (χ4n) is 3.67. The van der Waals surface area contributed by atoms with E-state index in [-0.39, 0.29) is 11.9 Å². The van der Waals surface area contributed by atoms with Gasteiger partial charge in [0.15, 0.2) is 5.65 Å². The summed E-state index contributed by atoms with van der Waals surface area (Å²) < 4.78 is 1.71. The lowest BCUT2D eigenvalue weighted by Gasteiger charge is -2.37. The molecule has 0 aliphatic carbocycles. The van der Waals surface area contributed by atoms with Crippen molar-refractivity contribution < 1.29 is 4.79 Å². The number of rotatable bonds is 4. The summed E-state index contributed by atoms with van der Waals surface area (Å²) in [5, 5.41) is 5.90. The number of hydrogen-bond acceptors (Lipinski definition) is 6. The SMILES string of the molecule is Cn1ncc2c(SCC(=O)N3c4ccccc4SCC3c3ccccc3)ncnc21. The molecule has 1 aliphatic rings. The minimum atomic E-state index is 0.00279. The first-order chi connectivity index (χ1) is 14.7. The van der Waals surface area contributed by atoms with E-state index in [1.807, 2.05) is 48.3 Å². The van der Waals surface area contributed by atoms with E-state index in [9.17, 15) is 4.79 Å². The zero-order valence-electron chi connectivity index (χ0n) is 16.3. The van der Waals surface area contributed by atoms with E-state index in [2.05, 4.69) is 33.3 Å². The van der Waals surface area contributed by atoms with E-state index in [4.69, 9.17) is 0 Å². The number of para-hydroxylation sites is 1. The number of benzene rings is 2. The largest absolute Gasteiger partial charge is 0.302 e. The highest BCUT2D eigenvalue weighted by molar-refractivity contribution is 8.00. The van der Waals surface area contributed by atoms with Gasteiger partial charge in [0, 0.05) is 17.7 Å². The van der Waals surface area contributed by atoms with Gasteiger partial charge in [-0.05, 0) is 17.7 Å². The zero-order chi connectivity index (χ0) is 20.5. The second-order valence-electron chi connectivity index (χ2n) is 6.94. The van der Waals surface area contributed by atoms with Crippen LogP contribution in [0.4, 0.5) is 5.69 Å². The molecule has 1 amide bonds. The molecule has 0 bridgehead atoms. The highest BCUT2D eigenvalue weighted by Gasteiger charge is 2.32. The van der Waals surface area contributed by atoms with E-state index in [0.717, 1.165) is 38.0 Å². The third-order valence-corrected chi connectivity index (χ3v) is 7.24. The van der Waals surface area contributed by atoms with Gasteiger partial charge in [-0.25, -0.2) is 9.97 Å². The normalized spacial score (nSPS) is 15.9. The predicted octanol–water partition coefficient (Wildman–Crippen LogP) is 4.34. The lowest BCUT2D eigenvalue weighted by atomic mass is 10.1. The summed E-state index contributed by atoms with van der Waals surface area (Å²) in [5.41, 5.74) is 2.89. The maximum absolute atomic E-state index is 13.5. The Morgan fingerprint density at radius 3 is 2.80 bits per heavy atom. The van der Waals surface area contributed by atoms with Crippen LogP contribution in [0.2, 0.25) is 0 Å². The number of nitrogens with zero attached hydrogens (tertiary/aromatic N) is 5. The van der Waals surface area contributed by atoms with Crippen LogP contribution in [0.5, 0.6) is 0 Å². The molecule has 0 spiro atoms. The van der Waals surface area contributed by atoms with Crippen LogP contribution in [0.1, 0.15) is 11.6 Å². The summed E-state index contributed by atoms with van der Waals surface area (Å²) in [6.45, 7) is 0. The van der Waals surface area contributed by atoms with Gasteiger partial charge in [-0.15, -0.1) is 11.8 Å². The number of amides is 1. The molecule has 5 rings (SSSR count). The van der Waals surface area contributed by atoms with Gasteiger partial charge in [0.05, 0.1) is 29.1 Å². The average molecular weight is 434 g/mol. The quantitative estimate of drug-likeness (QED) is 0.352. The van der Waals surface area contributed by atoms with E-state index in [0.29, 0.717) is 5.75 Å². The topological polar surface area (TPSA) is 63.9 Å². The summed E-state index contributed by atoms with van der Waals surface area (Å²) in [6, 6.07) is 18.4. The lowest BCUT2D eigenvalue weighted by Crippen LogP contribution is -2.39. The van der Waals surface area contributed by atoms with Gasteiger partial charge in [-0.1, -0.05) is 54.2 Å². The standard InChI is InChI=1S/C22H19N5OS2/c1-26-21-16(11-25-26)22(24-14-23-21)30-13-20(28)27-17-9-5-6-10-19(17)29-12-18(27)15-7-3-2-4-8-15/h2-11,14,18H,12-13H2,1H3. The molecule has 0 N–H and O–H groups in total. The van der Waals surface area contributed by atoms with Gasteiger partial charge in [0.1, 0.15) is 11.4 Å². The van der Waals surface area contributed by atoms with Crippen LogP contribution in [0.15, 0.2) is 77.0 Å². The molecule has 6 nitrogen and oxygen atoms in total. The number of thioether (sulfide) groups is 2. The molecule has 1 aliphatic heterocycles. The lowest BCUT2D eigenvalue weighted by molar-refractivity contribution is -0.116. The van der Waals surface area contributed by atoms with Crippen molar-refractivity contribution in [1.82, 2.24) is 19.7 Å². The molecular weight excluding hydrogens is 414 g/mol. The molecule has 8 heteroatoms. The van der Waals surface area contributed by atoms with Gasteiger partial charge in [-0.3, -0.25) is 9.48 Å². The molecule has 0 saturated carbocycles. The van der Waals surface area contributed by atoms with Crippen molar-refractivity contribution in [2.24, 2.45) is 7.05 Å². The van der Waals surface area contributed by atoms with Crippen molar-refractivity contribution in [2.45, 2.75) is 16.0 Å². The number of fused-ring (bicyclic) bond motifs is 2. The monoisotopic (exact) mass is 433 g/mol. The van der Waals surface area contributed by atoms with Crippen molar-refractivity contribution in [2.75, 3.05) is 16.4 Å². The molecule has 4 aromatic rings. The van der Waals surface area contributed by atoms with Crippen LogP contribution in [-0.2, 0) is 11.8 Å². The van der Waals surface area contributed by atoms with Crippen LogP contribution in [0.3, 0.4) is 0 Å². The van der Waals surface area contributed by atoms with E-state index in [1.54, 1.807) is 22.6 Å². The molecule has 1 unspecified atom stereocenters. The van der Waals surface area contributed by atoms with Crippen LogP contribution in [0.25, 0.3) is 11.0 Å². The second-order valence-corrected chi connectivity index (χ2v) is 8.97. The summed E-state index contributed by atoms with van der Waals surface area (Å²) >= 11 is 3.23. The van der Waals surface area contributed by atoms with Gasteiger partial charge in [-0.2, -0.15) is 5.10 Å². The Balaban J connectivity index is 1.45. The number of hydrogen-bond donors (Lipinski definition) is 0. The van der Waals surface area contributed by atoms with Gasteiger partial charge in [0.2, 0.25) is 5.91 Å². The number of aryl methyl sites for hydroxylation is 1. The van der Waals surface area contributed by atoms with Crippen LogP contribution >= 0.6 is 23.5 Å². The molecule has 2 aromatic heterocycles. The first-order valence-electron chi connectivity index (χ1n) is 9.56. The van der Waals surface area contributed by atoms with Gasteiger partial charge >= 0.3 is 0 Å². The molecule has 0 radical (unpaired) electrons. The minimum absolute atomic E-state index is 0.00279. The van der Waals surface area contributed by atoms with Gasteiger partial charge in [0.25, 0.3) is 0 Å². The fourth-order valence-corrected chi connectivity index (χ4v) is 5.66. The van der Waals surface area contributed by atoms with Crippen molar-refractivity contribution in [3.8, 4) is 0 Å². The summed E-state index contributed by atoms with van der Waals surface area (Å²) in [4.78, 5) is 25.2. The summed E-state index contributed by atoms with van der Waals surface area (Å²) in [7, 11) is 1.85. The Hall–Kier alpha value is -2.84. The number of aromatic nitrogens is 4. The second kappa shape index (κ2) is 8.12. The molecule has 30 heavy (non-hydrogen) atoms. The fraction of sp³-hybridized carbons (Fsp3) is 0.182. The smallest absolute Gasteiger partial charge is 0.238 e. The first kappa shape index (κ1) is 19.1. The van der Waals surface area contributed by atoms with Crippen LogP contribution in [-0.4, -0.2) is 37.2 Å². The van der Waals surface area contributed by atoms with E-state index in [1.165, 1.54) is 18.1 Å². The number of carbonyl (C=O) groups excluding carboxylic acids is 1. The molecule has 2 aromatic carbocycles. The summed E-state index contributed by atoms with van der Waals surface area (Å²) in [6.07, 6.45) is 3.28. The van der Waals surface area contributed by atoms with Crippen molar-refractivity contribution in [1.29, 1.82) is 0 Å². The molecule has 150 valence electrons.